The molecule has 1 N–H and O–H groups in total. The molecule has 0 atom stereocenters. The lowest BCUT2D eigenvalue weighted by molar-refractivity contribution is 0.0954. The van der Waals surface area contributed by atoms with Crippen LogP contribution in [-0.2, 0) is 10.1 Å². The van der Waals surface area contributed by atoms with Crippen LogP contribution in [0.3, 0.4) is 0 Å². The first kappa shape index (κ1) is 26.0. The number of rotatable bonds is 11. The van der Waals surface area contributed by atoms with Crippen molar-refractivity contribution in [2.75, 3.05) is 13.2 Å². The monoisotopic (exact) mass is 558 g/mol. The van der Waals surface area contributed by atoms with Gasteiger partial charge in [-0.05, 0) is 55.5 Å². The summed E-state index contributed by atoms with van der Waals surface area (Å²) in [5.74, 6) is 0.464. The summed E-state index contributed by atoms with van der Waals surface area (Å²) < 4.78 is 42.3. The van der Waals surface area contributed by atoms with E-state index in [2.05, 4.69) is 33.0 Å². The molecule has 0 aliphatic carbocycles. The molecule has 0 bridgehead atoms. The van der Waals surface area contributed by atoms with E-state index >= 15 is 0 Å². The lowest BCUT2D eigenvalue weighted by atomic mass is 10.2. The predicted octanol–water partition coefficient (Wildman–Crippen LogP) is 4.94. The molecular formula is C25H23BrN2O6S. The van der Waals surface area contributed by atoms with Gasteiger partial charge in [-0.3, -0.25) is 4.79 Å². The lowest BCUT2D eigenvalue weighted by Crippen LogP contribution is -2.18. The van der Waals surface area contributed by atoms with Crippen LogP contribution < -0.4 is 19.1 Å². The van der Waals surface area contributed by atoms with Crippen molar-refractivity contribution < 1.29 is 26.9 Å². The Morgan fingerprint density at radius 3 is 2.49 bits per heavy atom. The van der Waals surface area contributed by atoms with Gasteiger partial charge in [0.15, 0.2) is 17.2 Å². The van der Waals surface area contributed by atoms with E-state index < -0.39 is 16.0 Å². The van der Waals surface area contributed by atoms with Crippen LogP contribution in [0.2, 0.25) is 0 Å². The Morgan fingerprint density at radius 2 is 1.77 bits per heavy atom. The molecule has 0 fully saturated rings. The summed E-state index contributed by atoms with van der Waals surface area (Å²) in [6, 6.07) is 17.3. The van der Waals surface area contributed by atoms with Gasteiger partial charge in [0.25, 0.3) is 5.91 Å². The third kappa shape index (κ3) is 7.17. The quantitative estimate of drug-likeness (QED) is 0.155. The van der Waals surface area contributed by atoms with Crippen molar-refractivity contribution in [3.05, 3.63) is 95.0 Å². The number of ether oxygens (including phenoxy) is 2. The van der Waals surface area contributed by atoms with Gasteiger partial charge < -0.3 is 13.7 Å². The van der Waals surface area contributed by atoms with Crippen LogP contribution in [0.25, 0.3) is 0 Å². The van der Waals surface area contributed by atoms with Crippen LogP contribution in [0.15, 0.2) is 93.9 Å². The molecule has 3 aromatic rings. The SMILES string of the molecule is C=CCOc1ccc(C(=O)N/N=C/c2cc(Br)ccc2OS(=O)(=O)c2ccccc2)cc1OCC. The molecule has 3 aromatic carbocycles. The first-order valence-electron chi connectivity index (χ1n) is 10.5. The van der Waals surface area contributed by atoms with E-state index in [0.717, 1.165) is 0 Å². The maximum Gasteiger partial charge on any atom is 0.339 e. The normalized spacial score (nSPS) is 11.1. The van der Waals surface area contributed by atoms with E-state index in [0.29, 0.717) is 40.3 Å². The first-order chi connectivity index (χ1) is 16.8. The third-order valence-electron chi connectivity index (χ3n) is 4.44. The highest BCUT2D eigenvalue weighted by Crippen LogP contribution is 2.29. The van der Waals surface area contributed by atoms with Crippen molar-refractivity contribution >= 4 is 38.2 Å². The number of benzene rings is 3. The molecule has 10 heteroatoms. The Morgan fingerprint density at radius 1 is 1.03 bits per heavy atom. The van der Waals surface area contributed by atoms with Gasteiger partial charge in [-0.15, -0.1) is 0 Å². The van der Waals surface area contributed by atoms with Crippen LogP contribution in [0.1, 0.15) is 22.8 Å². The highest BCUT2D eigenvalue weighted by Gasteiger charge is 2.18. The number of hydrazone groups is 1. The van der Waals surface area contributed by atoms with Crippen molar-refractivity contribution in [1.29, 1.82) is 0 Å². The predicted molar refractivity (Wildman–Crippen MR) is 137 cm³/mol. The molecule has 182 valence electrons. The Balaban J connectivity index is 1.77. The van der Waals surface area contributed by atoms with E-state index in [1.807, 2.05) is 6.92 Å². The zero-order chi connectivity index (χ0) is 25.3. The van der Waals surface area contributed by atoms with Gasteiger partial charge in [-0.25, -0.2) is 5.43 Å². The molecule has 1 amide bonds. The summed E-state index contributed by atoms with van der Waals surface area (Å²) >= 11 is 3.34. The minimum Gasteiger partial charge on any atom is -0.490 e. The summed E-state index contributed by atoms with van der Waals surface area (Å²) in [4.78, 5) is 12.6. The molecule has 0 radical (unpaired) electrons. The van der Waals surface area contributed by atoms with Gasteiger partial charge in [0.1, 0.15) is 11.5 Å². The van der Waals surface area contributed by atoms with Gasteiger partial charge >= 0.3 is 10.1 Å². The van der Waals surface area contributed by atoms with Gasteiger partial charge in [0.05, 0.1) is 12.8 Å². The number of carbonyl (C=O) groups is 1. The Bertz CT molecular complexity index is 1330. The number of halogens is 1. The molecule has 0 aliphatic heterocycles. The summed E-state index contributed by atoms with van der Waals surface area (Å²) in [7, 11) is -4.05. The number of nitrogens with zero attached hydrogens (tertiary/aromatic N) is 1. The van der Waals surface area contributed by atoms with Crippen molar-refractivity contribution in [2.24, 2.45) is 5.10 Å². The highest BCUT2D eigenvalue weighted by molar-refractivity contribution is 9.10. The van der Waals surface area contributed by atoms with E-state index in [9.17, 15) is 13.2 Å². The first-order valence-corrected chi connectivity index (χ1v) is 12.7. The summed E-state index contributed by atoms with van der Waals surface area (Å²) in [6.45, 7) is 6.13. The molecule has 0 saturated heterocycles. The van der Waals surface area contributed by atoms with Crippen molar-refractivity contribution in [1.82, 2.24) is 5.43 Å². The third-order valence-corrected chi connectivity index (χ3v) is 6.18. The summed E-state index contributed by atoms with van der Waals surface area (Å²) in [5.41, 5.74) is 3.05. The average molecular weight is 559 g/mol. The van der Waals surface area contributed by atoms with Crippen LogP contribution in [0.4, 0.5) is 0 Å². The van der Waals surface area contributed by atoms with Crippen LogP contribution in [0, 0.1) is 0 Å². The minimum absolute atomic E-state index is 0.0183. The molecule has 0 heterocycles. The fourth-order valence-corrected chi connectivity index (χ4v) is 4.21. The Labute approximate surface area is 212 Å². The molecule has 3 rings (SSSR count). The number of nitrogens with one attached hydrogen (secondary N) is 1. The molecule has 0 unspecified atom stereocenters. The summed E-state index contributed by atoms with van der Waals surface area (Å²) in [6.07, 6.45) is 2.90. The van der Waals surface area contributed by atoms with Crippen LogP contribution in [-0.4, -0.2) is 33.8 Å². The second kappa shape index (κ2) is 12.2. The van der Waals surface area contributed by atoms with Crippen molar-refractivity contribution in [3.63, 3.8) is 0 Å². The van der Waals surface area contributed by atoms with E-state index in [1.54, 1.807) is 54.6 Å². The van der Waals surface area contributed by atoms with Crippen molar-refractivity contribution in [3.8, 4) is 17.2 Å². The fraction of sp³-hybridized carbons (Fsp3) is 0.120. The number of hydrogen-bond acceptors (Lipinski definition) is 7. The molecule has 0 spiro atoms. The molecule has 0 aliphatic rings. The van der Waals surface area contributed by atoms with Gasteiger partial charge in [0.2, 0.25) is 0 Å². The largest absolute Gasteiger partial charge is 0.490 e. The molecule has 8 nitrogen and oxygen atoms in total. The van der Waals surface area contributed by atoms with Crippen LogP contribution in [0.5, 0.6) is 17.2 Å². The Hall–Kier alpha value is -3.63. The smallest absolute Gasteiger partial charge is 0.339 e. The van der Waals surface area contributed by atoms with Crippen LogP contribution >= 0.6 is 15.9 Å². The average Bonchev–Trinajstić information content (AvgIpc) is 2.85. The Kier molecular flexibility index (Phi) is 9.04. The molecule has 0 aromatic heterocycles. The topological polar surface area (TPSA) is 103 Å². The lowest BCUT2D eigenvalue weighted by Gasteiger charge is -2.12. The number of amides is 1. The zero-order valence-corrected chi connectivity index (χ0v) is 21.2. The van der Waals surface area contributed by atoms with Gasteiger partial charge in [-0.2, -0.15) is 13.5 Å². The fourth-order valence-electron chi connectivity index (χ4n) is 2.86. The molecular weight excluding hydrogens is 536 g/mol. The maximum atomic E-state index is 12.6. The van der Waals surface area contributed by atoms with Gasteiger partial charge in [0, 0.05) is 15.6 Å². The number of hydrogen-bond donors (Lipinski definition) is 1. The second-order valence-electron chi connectivity index (χ2n) is 6.93. The number of carbonyl (C=O) groups excluding carboxylic acids is 1. The maximum absolute atomic E-state index is 12.6. The van der Waals surface area contributed by atoms with Crippen molar-refractivity contribution in [2.45, 2.75) is 11.8 Å². The van der Waals surface area contributed by atoms with E-state index in [1.165, 1.54) is 24.4 Å². The molecule has 35 heavy (non-hydrogen) atoms. The van der Waals surface area contributed by atoms with Gasteiger partial charge in [-0.1, -0.05) is 46.8 Å². The summed E-state index contributed by atoms with van der Waals surface area (Å²) in [5, 5.41) is 3.96. The second-order valence-corrected chi connectivity index (χ2v) is 9.39. The highest BCUT2D eigenvalue weighted by atomic mass is 79.9. The zero-order valence-electron chi connectivity index (χ0n) is 18.8. The molecule has 0 saturated carbocycles. The van der Waals surface area contributed by atoms with E-state index in [-0.39, 0.29) is 10.6 Å². The minimum atomic E-state index is -4.05. The van der Waals surface area contributed by atoms with E-state index in [4.69, 9.17) is 13.7 Å². The standard InChI is InChI=1S/C25H23BrN2O6S/c1-3-14-33-23-12-10-18(16-24(23)32-4-2)25(29)28-27-17-19-15-20(26)11-13-22(19)34-35(30,31)21-8-6-5-7-9-21/h3,5-13,15-17H,1,4,14H2,2H3,(H,28,29)/b27-17+.